The number of aromatic nitrogens is 2. The quantitative estimate of drug-likeness (QED) is 0.808. The standard InChI is InChI=1S/C12H20N4O2S/c1-8-12(19(17,18)16(2)10-5-6-10)11(15-14-8)7-13-9-3-4-9/h9-10,13H,3-7H2,1-2H3,(H,14,15). The van der Waals surface area contributed by atoms with Gasteiger partial charge in [0.25, 0.3) is 0 Å². The fraction of sp³-hybridized carbons (Fsp3) is 0.750. The van der Waals surface area contributed by atoms with Crippen LogP contribution in [0.5, 0.6) is 0 Å². The van der Waals surface area contributed by atoms with Gasteiger partial charge >= 0.3 is 0 Å². The van der Waals surface area contributed by atoms with E-state index in [-0.39, 0.29) is 6.04 Å². The number of sulfonamides is 1. The summed E-state index contributed by atoms with van der Waals surface area (Å²) < 4.78 is 26.7. The molecule has 0 amide bonds. The zero-order chi connectivity index (χ0) is 13.6. The molecule has 0 aliphatic heterocycles. The molecule has 0 unspecified atom stereocenters. The van der Waals surface area contributed by atoms with Crippen LogP contribution in [0.15, 0.2) is 4.90 Å². The van der Waals surface area contributed by atoms with Crippen molar-refractivity contribution in [2.75, 3.05) is 7.05 Å². The second-order valence-corrected chi connectivity index (χ2v) is 7.47. The van der Waals surface area contributed by atoms with Crippen LogP contribution < -0.4 is 5.32 Å². The Morgan fingerprint density at radius 1 is 1.37 bits per heavy atom. The summed E-state index contributed by atoms with van der Waals surface area (Å²) in [6.45, 7) is 2.28. The fourth-order valence-corrected chi connectivity index (χ4v) is 3.98. The molecule has 106 valence electrons. The monoisotopic (exact) mass is 284 g/mol. The van der Waals surface area contributed by atoms with Gasteiger partial charge in [-0.15, -0.1) is 0 Å². The Balaban J connectivity index is 1.86. The first-order chi connectivity index (χ1) is 9.00. The molecule has 2 saturated carbocycles. The minimum absolute atomic E-state index is 0.170. The highest BCUT2D eigenvalue weighted by molar-refractivity contribution is 7.89. The van der Waals surface area contributed by atoms with Gasteiger partial charge in [-0.1, -0.05) is 0 Å². The van der Waals surface area contributed by atoms with Gasteiger partial charge in [0.2, 0.25) is 10.0 Å². The maximum atomic E-state index is 12.6. The molecule has 0 radical (unpaired) electrons. The molecule has 2 aliphatic carbocycles. The van der Waals surface area contributed by atoms with Crippen LogP contribution in [-0.4, -0.2) is 42.1 Å². The Morgan fingerprint density at radius 3 is 2.63 bits per heavy atom. The Labute approximate surface area is 113 Å². The third-order valence-electron chi connectivity index (χ3n) is 3.79. The summed E-state index contributed by atoms with van der Waals surface area (Å²) >= 11 is 0. The van der Waals surface area contributed by atoms with Crippen molar-refractivity contribution in [3.8, 4) is 0 Å². The number of nitrogens with one attached hydrogen (secondary N) is 2. The summed E-state index contributed by atoms with van der Waals surface area (Å²) in [7, 11) is -1.76. The molecule has 0 saturated heterocycles. The van der Waals surface area contributed by atoms with Crippen LogP contribution in [0.3, 0.4) is 0 Å². The number of H-pyrrole nitrogens is 1. The van der Waals surface area contributed by atoms with E-state index in [1.165, 1.54) is 17.1 Å². The molecular weight excluding hydrogens is 264 g/mol. The molecule has 1 heterocycles. The van der Waals surface area contributed by atoms with Gasteiger partial charge in [-0.05, 0) is 32.6 Å². The van der Waals surface area contributed by atoms with Crippen molar-refractivity contribution < 1.29 is 8.42 Å². The number of nitrogens with zero attached hydrogens (tertiary/aromatic N) is 2. The van der Waals surface area contributed by atoms with E-state index in [9.17, 15) is 8.42 Å². The minimum atomic E-state index is -3.42. The highest BCUT2D eigenvalue weighted by atomic mass is 32.2. The highest BCUT2D eigenvalue weighted by Gasteiger charge is 2.38. The molecule has 0 aromatic carbocycles. The van der Waals surface area contributed by atoms with Crippen molar-refractivity contribution >= 4 is 10.0 Å². The van der Waals surface area contributed by atoms with Gasteiger partial charge in [0.1, 0.15) is 4.90 Å². The maximum absolute atomic E-state index is 12.6. The second kappa shape index (κ2) is 4.57. The van der Waals surface area contributed by atoms with E-state index in [1.54, 1.807) is 14.0 Å². The average molecular weight is 284 g/mol. The summed E-state index contributed by atoms with van der Waals surface area (Å²) in [6, 6.07) is 0.706. The van der Waals surface area contributed by atoms with Crippen LogP contribution in [0.4, 0.5) is 0 Å². The van der Waals surface area contributed by atoms with Crippen molar-refractivity contribution in [1.82, 2.24) is 19.8 Å². The van der Waals surface area contributed by atoms with Crippen molar-refractivity contribution in [3.05, 3.63) is 11.4 Å². The van der Waals surface area contributed by atoms with Gasteiger partial charge in [-0.25, -0.2) is 8.42 Å². The summed E-state index contributed by atoms with van der Waals surface area (Å²) in [5.41, 5.74) is 1.23. The third-order valence-corrected chi connectivity index (χ3v) is 5.91. The van der Waals surface area contributed by atoms with E-state index in [4.69, 9.17) is 0 Å². The van der Waals surface area contributed by atoms with Crippen LogP contribution in [0.2, 0.25) is 0 Å². The van der Waals surface area contributed by atoms with E-state index in [0.717, 1.165) is 12.8 Å². The average Bonchev–Trinajstić information content (AvgIpc) is 3.24. The van der Waals surface area contributed by atoms with Gasteiger partial charge in [-0.3, -0.25) is 5.10 Å². The van der Waals surface area contributed by atoms with Crippen LogP contribution in [0.25, 0.3) is 0 Å². The maximum Gasteiger partial charge on any atom is 0.246 e. The van der Waals surface area contributed by atoms with Crippen molar-refractivity contribution in [2.24, 2.45) is 0 Å². The molecule has 6 nitrogen and oxygen atoms in total. The van der Waals surface area contributed by atoms with Crippen LogP contribution >= 0.6 is 0 Å². The van der Waals surface area contributed by atoms with Gasteiger partial charge in [-0.2, -0.15) is 9.40 Å². The molecule has 1 aromatic heterocycles. The van der Waals surface area contributed by atoms with Crippen LogP contribution in [0, 0.1) is 6.92 Å². The van der Waals surface area contributed by atoms with E-state index in [1.807, 2.05) is 0 Å². The first-order valence-electron chi connectivity index (χ1n) is 6.75. The molecule has 2 N–H and O–H groups in total. The fourth-order valence-electron chi connectivity index (χ4n) is 2.24. The Bertz CT molecular complexity index is 573. The van der Waals surface area contributed by atoms with Crippen molar-refractivity contribution in [1.29, 1.82) is 0 Å². The highest BCUT2D eigenvalue weighted by Crippen LogP contribution is 2.32. The number of rotatable bonds is 6. The van der Waals surface area contributed by atoms with E-state index in [2.05, 4.69) is 15.5 Å². The van der Waals surface area contributed by atoms with Crippen LogP contribution in [0.1, 0.15) is 37.1 Å². The molecule has 2 aliphatic rings. The first-order valence-corrected chi connectivity index (χ1v) is 8.19. The van der Waals surface area contributed by atoms with E-state index in [0.29, 0.717) is 28.9 Å². The lowest BCUT2D eigenvalue weighted by Crippen LogP contribution is -2.30. The van der Waals surface area contributed by atoms with E-state index >= 15 is 0 Å². The number of hydrogen-bond donors (Lipinski definition) is 2. The lowest BCUT2D eigenvalue weighted by atomic mass is 10.3. The number of hydrogen-bond acceptors (Lipinski definition) is 4. The molecule has 0 bridgehead atoms. The van der Waals surface area contributed by atoms with Gasteiger partial charge in [0.05, 0.1) is 11.4 Å². The predicted molar refractivity (Wildman–Crippen MR) is 71.2 cm³/mol. The molecule has 3 rings (SSSR count). The molecule has 19 heavy (non-hydrogen) atoms. The predicted octanol–water partition coefficient (Wildman–Crippen LogP) is 0.753. The largest absolute Gasteiger partial charge is 0.308 e. The van der Waals surface area contributed by atoms with Crippen molar-refractivity contribution in [3.63, 3.8) is 0 Å². The van der Waals surface area contributed by atoms with Gasteiger partial charge < -0.3 is 5.32 Å². The first kappa shape index (κ1) is 13.1. The zero-order valence-corrected chi connectivity index (χ0v) is 12.1. The molecule has 7 heteroatoms. The second-order valence-electron chi connectivity index (χ2n) is 5.53. The smallest absolute Gasteiger partial charge is 0.246 e. The molecular formula is C12H20N4O2S. The third kappa shape index (κ3) is 2.54. The number of aromatic amines is 1. The van der Waals surface area contributed by atoms with Crippen LogP contribution in [-0.2, 0) is 16.6 Å². The SMILES string of the molecule is Cc1[nH]nc(CNC2CC2)c1S(=O)(=O)N(C)C1CC1. The number of aryl methyl sites for hydroxylation is 1. The van der Waals surface area contributed by atoms with Crippen molar-refractivity contribution in [2.45, 2.75) is 56.1 Å². The Hall–Kier alpha value is -0.920. The van der Waals surface area contributed by atoms with Gasteiger partial charge in [0.15, 0.2) is 0 Å². The molecule has 1 aromatic rings. The summed E-state index contributed by atoms with van der Waals surface area (Å²) in [6.07, 6.45) is 4.27. The lowest BCUT2D eigenvalue weighted by molar-refractivity contribution is 0.462. The zero-order valence-electron chi connectivity index (χ0n) is 11.3. The molecule has 0 atom stereocenters. The normalized spacial score (nSPS) is 20.2. The summed E-state index contributed by atoms with van der Waals surface area (Å²) in [5.74, 6) is 0. The molecule has 0 spiro atoms. The Kier molecular flexibility index (Phi) is 3.15. The van der Waals surface area contributed by atoms with E-state index < -0.39 is 10.0 Å². The topological polar surface area (TPSA) is 78.1 Å². The Morgan fingerprint density at radius 2 is 2.05 bits per heavy atom. The molecule has 2 fully saturated rings. The lowest BCUT2D eigenvalue weighted by Gasteiger charge is -2.17. The minimum Gasteiger partial charge on any atom is -0.308 e. The summed E-state index contributed by atoms with van der Waals surface area (Å²) in [4.78, 5) is 0.357. The summed E-state index contributed by atoms with van der Waals surface area (Å²) in [5, 5.41) is 10.3. The van der Waals surface area contributed by atoms with Gasteiger partial charge in [0, 0.05) is 25.7 Å².